The van der Waals surface area contributed by atoms with Gasteiger partial charge in [-0.3, -0.25) is 0 Å². The van der Waals surface area contributed by atoms with Crippen LogP contribution in [0.15, 0.2) is 24.3 Å². The second-order valence-corrected chi connectivity index (χ2v) is 5.48. The summed E-state index contributed by atoms with van der Waals surface area (Å²) in [5, 5.41) is 17.6. The Hall–Kier alpha value is -2.28. The van der Waals surface area contributed by atoms with Crippen molar-refractivity contribution in [3.63, 3.8) is 0 Å². The van der Waals surface area contributed by atoms with Gasteiger partial charge in [0.2, 0.25) is 0 Å². The second kappa shape index (κ2) is 8.11. The van der Waals surface area contributed by atoms with Crippen LogP contribution in [-0.4, -0.2) is 24.2 Å². The molecule has 0 heterocycles. The van der Waals surface area contributed by atoms with Crippen LogP contribution >= 0.6 is 0 Å². The van der Waals surface area contributed by atoms with Crippen LogP contribution in [0.5, 0.6) is 0 Å². The third-order valence-corrected chi connectivity index (χ3v) is 3.01. The first-order chi connectivity index (χ1) is 9.93. The Bertz CT molecular complexity index is 556. The summed E-state index contributed by atoms with van der Waals surface area (Å²) in [5.74, 6) is -0.504. The molecule has 1 N–H and O–H groups in total. The first kappa shape index (κ1) is 16.8. The standard InChI is InChI=1S/C17H22N2O2/c1-13(2)12-19(10-4-9-18)16-7-5-14(3)11-15(16)6-8-17(20)21/h5-8,11,13H,4,10,12H2,1-3H3,(H,20,21)/b8-6+. The van der Waals surface area contributed by atoms with Gasteiger partial charge in [0.1, 0.15) is 0 Å². The van der Waals surface area contributed by atoms with Gasteiger partial charge in [0.15, 0.2) is 0 Å². The minimum atomic E-state index is -0.963. The van der Waals surface area contributed by atoms with Crippen LogP contribution in [0.25, 0.3) is 6.08 Å². The molecular formula is C17H22N2O2. The molecule has 0 aliphatic rings. The fourth-order valence-corrected chi connectivity index (χ4v) is 2.19. The molecule has 0 saturated carbocycles. The predicted octanol–water partition coefficient (Wildman–Crippen LogP) is 3.47. The maximum atomic E-state index is 10.7. The number of carboxylic acid groups (broad SMARTS) is 1. The monoisotopic (exact) mass is 286 g/mol. The van der Waals surface area contributed by atoms with Gasteiger partial charge in [0, 0.05) is 24.9 Å². The van der Waals surface area contributed by atoms with Crippen molar-refractivity contribution in [2.24, 2.45) is 5.92 Å². The normalized spacial score (nSPS) is 10.8. The molecule has 21 heavy (non-hydrogen) atoms. The van der Waals surface area contributed by atoms with Crippen LogP contribution in [0.1, 0.15) is 31.4 Å². The molecular weight excluding hydrogens is 264 g/mol. The summed E-state index contributed by atoms with van der Waals surface area (Å²) in [6.07, 6.45) is 3.21. The van der Waals surface area contributed by atoms with Gasteiger partial charge in [0.25, 0.3) is 0 Å². The Labute approximate surface area is 126 Å². The molecule has 1 aromatic carbocycles. The van der Waals surface area contributed by atoms with Crippen LogP contribution < -0.4 is 4.90 Å². The molecule has 4 nitrogen and oxygen atoms in total. The molecule has 0 aromatic heterocycles. The van der Waals surface area contributed by atoms with Gasteiger partial charge in [-0.2, -0.15) is 5.26 Å². The molecule has 0 atom stereocenters. The number of nitrogens with zero attached hydrogens (tertiary/aromatic N) is 2. The highest BCUT2D eigenvalue weighted by molar-refractivity contribution is 5.87. The van der Waals surface area contributed by atoms with Crippen LogP contribution in [0.4, 0.5) is 5.69 Å². The quantitative estimate of drug-likeness (QED) is 0.779. The second-order valence-electron chi connectivity index (χ2n) is 5.48. The van der Waals surface area contributed by atoms with Crippen molar-refractivity contribution in [1.29, 1.82) is 5.26 Å². The lowest BCUT2D eigenvalue weighted by molar-refractivity contribution is -0.131. The SMILES string of the molecule is Cc1ccc(N(CCC#N)CC(C)C)c(/C=C/C(=O)O)c1. The van der Waals surface area contributed by atoms with E-state index in [9.17, 15) is 4.79 Å². The van der Waals surface area contributed by atoms with E-state index in [-0.39, 0.29) is 0 Å². The van der Waals surface area contributed by atoms with Gasteiger partial charge in [-0.25, -0.2) is 4.79 Å². The largest absolute Gasteiger partial charge is 0.478 e. The summed E-state index contributed by atoms with van der Waals surface area (Å²) in [5.41, 5.74) is 2.92. The van der Waals surface area contributed by atoms with Crippen LogP contribution in [0.2, 0.25) is 0 Å². The van der Waals surface area contributed by atoms with Gasteiger partial charge in [-0.1, -0.05) is 25.5 Å². The zero-order valence-corrected chi connectivity index (χ0v) is 12.8. The van der Waals surface area contributed by atoms with Crippen molar-refractivity contribution in [3.05, 3.63) is 35.4 Å². The van der Waals surface area contributed by atoms with Crippen molar-refractivity contribution in [1.82, 2.24) is 0 Å². The smallest absolute Gasteiger partial charge is 0.328 e. The average molecular weight is 286 g/mol. The Morgan fingerprint density at radius 3 is 2.76 bits per heavy atom. The minimum Gasteiger partial charge on any atom is -0.478 e. The maximum Gasteiger partial charge on any atom is 0.328 e. The molecule has 0 bridgehead atoms. The highest BCUT2D eigenvalue weighted by Gasteiger charge is 2.12. The number of aliphatic carboxylic acids is 1. The predicted molar refractivity (Wildman–Crippen MR) is 85.1 cm³/mol. The third kappa shape index (κ3) is 5.70. The number of anilines is 1. The molecule has 0 aliphatic heterocycles. The highest BCUT2D eigenvalue weighted by atomic mass is 16.4. The maximum absolute atomic E-state index is 10.7. The molecule has 0 radical (unpaired) electrons. The van der Waals surface area contributed by atoms with Crippen LogP contribution in [0, 0.1) is 24.2 Å². The first-order valence-electron chi connectivity index (χ1n) is 7.07. The van der Waals surface area contributed by atoms with Crippen molar-refractivity contribution in [3.8, 4) is 6.07 Å². The molecule has 4 heteroatoms. The van der Waals surface area contributed by atoms with E-state index in [1.807, 2.05) is 25.1 Å². The summed E-state index contributed by atoms with van der Waals surface area (Å²) in [7, 11) is 0. The Morgan fingerprint density at radius 2 is 2.19 bits per heavy atom. The van der Waals surface area contributed by atoms with Crippen LogP contribution in [0.3, 0.4) is 0 Å². The van der Waals surface area contributed by atoms with Crippen molar-refractivity contribution in [2.45, 2.75) is 27.2 Å². The molecule has 1 rings (SSSR count). The average Bonchev–Trinajstić information content (AvgIpc) is 2.41. The summed E-state index contributed by atoms with van der Waals surface area (Å²) < 4.78 is 0. The van der Waals surface area contributed by atoms with Gasteiger partial charge in [-0.05, 0) is 36.6 Å². The number of carbonyl (C=O) groups is 1. The fraction of sp³-hybridized carbons (Fsp3) is 0.412. The van der Waals surface area contributed by atoms with E-state index in [0.29, 0.717) is 18.9 Å². The minimum absolute atomic E-state index is 0.447. The molecule has 0 fully saturated rings. The van der Waals surface area contributed by atoms with Crippen molar-refractivity contribution >= 4 is 17.7 Å². The zero-order valence-electron chi connectivity index (χ0n) is 12.8. The number of benzene rings is 1. The van der Waals surface area contributed by atoms with Gasteiger partial charge >= 0.3 is 5.97 Å². The van der Waals surface area contributed by atoms with E-state index < -0.39 is 5.97 Å². The topological polar surface area (TPSA) is 64.3 Å². The molecule has 0 amide bonds. The number of carboxylic acids is 1. The van der Waals surface area contributed by atoms with Crippen molar-refractivity contribution < 1.29 is 9.90 Å². The Balaban J connectivity index is 3.16. The van der Waals surface area contributed by atoms with E-state index in [1.54, 1.807) is 6.08 Å². The summed E-state index contributed by atoms with van der Waals surface area (Å²) in [6.45, 7) is 7.70. The molecule has 0 saturated heterocycles. The summed E-state index contributed by atoms with van der Waals surface area (Å²) >= 11 is 0. The van der Waals surface area contributed by atoms with E-state index in [2.05, 4.69) is 24.8 Å². The number of aryl methyl sites for hydroxylation is 1. The lowest BCUT2D eigenvalue weighted by Gasteiger charge is -2.27. The fourth-order valence-electron chi connectivity index (χ4n) is 2.19. The first-order valence-corrected chi connectivity index (χ1v) is 7.07. The van der Waals surface area contributed by atoms with E-state index >= 15 is 0 Å². The summed E-state index contributed by atoms with van der Waals surface area (Å²) in [6, 6.07) is 8.14. The zero-order chi connectivity index (χ0) is 15.8. The highest BCUT2D eigenvalue weighted by Crippen LogP contribution is 2.24. The van der Waals surface area contributed by atoms with E-state index in [1.165, 1.54) is 0 Å². The molecule has 1 aromatic rings. The molecule has 112 valence electrons. The van der Waals surface area contributed by atoms with Crippen LogP contribution in [-0.2, 0) is 4.79 Å². The number of rotatable bonds is 7. The summed E-state index contributed by atoms with van der Waals surface area (Å²) in [4.78, 5) is 12.9. The Kier molecular flexibility index (Phi) is 6.48. The third-order valence-electron chi connectivity index (χ3n) is 3.01. The number of nitriles is 1. The van der Waals surface area contributed by atoms with Gasteiger partial charge < -0.3 is 10.0 Å². The van der Waals surface area contributed by atoms with Gasteiger partial charge in [0.05, 0.1) is 12.5 Å². The molecule has 0 spiro atoms. The van der Waals surface area contributed by atoms with E-state index in [4.69, 9.17) is 10.4 Å². The number of hydrogen-bond acceptors (Lipinski definition) is 3. The van der Waals surface area contributed by atoms with Gasteiger partial charge in [-0.15, -0.1) is 0 Å². The molecule has 0 aliphatic carbocycles. The van der Waals surface area contributed by atoms with E-state index in [0.717, 1.165) is 29.4 Å². The van der Waals surface area contributed by atoms with Crippen molar-refractivity contribution in [2.75, 3.05) is 18.0 Å². The Morgan fingerprint density at radius 1 is 1.48 bits per heavy atom. The number of hydrogen-bond donors (Lipinski definition) is 1. The molecule has 0 unspecified atom stereocenters. The lowest BCUT2D eigenvalue weighted by atomic mass is 10.1. The lowest BCUT2D eigenvalue weighted by Crippen LogP contribution is -2.29.